The first-order valence-corrected chi connectivity index (χ1v) is 8.26. The van der Waals surface area contributed by atoms with Gasteiger partial charge in [-0.2, -0.15) is 0 Å². The van der Waals surface area contributed by atoms with E-state index < -0.39 is 6.10 Å². The van der Waals surface area contributed by atoms with Crippen molar-refractivity contribution in [2.45, 2.75) is 25.4 Å². The molecule has 4 nitrogen and oxygen atoms in total. The average molecular weight is 336 g/mol. The van der Waals surface area contributed by atoms with Crippen molar-refractivity contribution in [3.63, 3.8) is 0 Å². The fourth-order valence-corrected chi connectivity index (χ4v) is 2.96. The average Bonchev–Trinajstić information content (AvgIpc) is 3.06. The Bertz CT molecular complexity index is 627. The van der Waals surface area contributed by atoms with Crippen molar-refractivity contribution in [1.29, 1.82) is 0 Å². The SMILES string of the molecule is CC(C)(CNC(=O)NCC(O)c1ccc(F)cc1)c1cccs1. The Kier molecular flexibility index (Phi) is 5.74. The smallest absolute Gasteiger partial charge is 0.314 e. The van der Waals surface area contributed by atoms with Crippen molar-refractivity contribution in [3.8, 4) is 0 Å². The van der Waals surface area contributed by atoms with Crippen molar-refractivity contribution < 1.29 is 14.3 Å². The molecule has 0 saturated carbocycles. The van der Waals surface area contributed by atoms with Gasteiger partial charge < -0.3 is 15.7 Å². The molecular weight excluding hydrogens is 315 g/mol. The first kappa shape index (κ1) is 17.4. The minimum atomic E-state index is -0.869. The fraction of sp³-hybridized carbons (Fsp3) is 0.353. The molecule has 2 rings (SSSR count). The molecule has 0 aliphatic heterocycles. The molecule has 0 aliphatic carbocycles. The standard InChI is InChI=1S/C17H21FN2O2S/c1-17(2,15-4-3-9-23-15)11-20-16(22)19-10-14(21)12-5-7-13(18)8-6-12/h3-9,14,21H,10-11H2,1-2H3,(H2,19,20,22). The lowest BCUT2D eigenvalue weighted by Gasteiger charge is -2.24. The predicted molar refractivity (Wildman–Crippen MR) is 90.1 cm³/mol. The van der Waals surface area contributed by atoms with E-state index in [0.29, 0.717) is 12.1 Å². The molecule has 0 saturated heterocycles. The summed E-state index contributed by atoms with van der Waals surface area (Å²) >= 11 is 1.66. The molecule has 0 bridgehead atoms. The second kappa shape index (κ2) is 7.57. The molecule has 6 heteroatoms. The van der Waals surface area contributed by atoms with Crippen LogP contribution >= 0.6 is 11.3 Å². The summed E-state index contributed by atoms with van der Waals surface area (Å²) in [6.45, 7) is 4.68. The first-order chi connectivity index (χ1) is 10.9. The monoisotopic (exact) mass is 336 g/mol. The number of halogens is 1. The maximum absolute atomic E-state index is 12.8. The third-order valence-corrected chi connectivity index (χ3v) is 4.83. The van der Waals surface area contributed by atoms with Crippen LogP contribution in [-0.2, 0) is 5.41 Å². The number of benzene rings is 1. The van der Waals surface area contributed by atoms with Crippen LogP contribution in [0, 0.1) is 5.82 Å². The molecule has 2 amide bonds. The summed E-state index contributed by atoms with van der Waals surface area (Å²) in [6.07, 6.45) is -0.869. The summed E-state index contributed by atoms with van der Waals surface area (Å²) in [6, 6.07) is 9.25. The largest absolute Gasteiger partial charge is 0.387 e. The van der Waals surface area contributed by atoms with Gasteiger partial charge in [-0.05, 0) is 29.1 Å². The molecular formula is C17H21FN2O2S. The molecule has 0 radical (unpaired) electrons. The minimum absolute atomic E-state index is 0.0664. The van der Waals surface area contributed by atoms with Crippen molar-refractivity contribution in [1.82, 2.24) is 10.6 Å². The zero-order chi connectivity index (χ0) is 16.9. The topological polar surface area (TPSA) is 61.4 Å². The maximum Gasteiger partial charge on any atom is 0.314 e. The molecule has 0 fully saturated rings. The lowest BCUT2D eigenvalue weighted by molar-refractivity contribution is 0.172. The van der Waals surface area contributed by atoms with E-state index in [1.165, 1.54) is 29.1 Å². The highest BCUT2D eigenvalue weighted by Crippen LogP contribution is 2.26. The predicted octanol–water partition coefficient (Wildman–Crippen LogP) is 3.20. The van der Waals surface area contributed by atoms with E-state index >= 15 is 0 Å². The van der Waals surface area contributed by atoms with E-state index in [-0.39, 0.29) is 23.8 Å². The number of nitrogens with one attached hydrogen (secondary N) is 2. The summed E-state index contributed by atoms with van der Waals surface area (Å²) in [5.41, 5.74) is 0.409. The third-order valence-electron chi connectivity index (χ3n) is 3.59. The molecule has 2 aromatic rings. The summed E-state index contributed by atoms with van der Waals surface area (Å²) in [7, 11) is 0. The number of hydrogen-bond donors (Lipinski definition) is 3. The van der Waals surface area contributed by atoms with E-state index in [1.54, 1.807) is 11.3 Å². The maximum atomic E-state index is 12.8. The molecule has 3 N–H and O–H groups in total. The highest BCUT2D eigenvalue weighted by Gasteiger charge is 2.22. The Morgan fingerprint density at radius 1 is 1.26 bits per heavy atom. The number of amides is 2. The number of carbonyl (C=O) groups is 1. The molecule has 0 aliphatic rings. The number of rotatable bonds is 6. The van der Waals surface area contributed by atoms with Crippen molar-refractivity contribution in [3.05, 3.63) is 58.0 Å². The zero-order valence-electron chi connectivity index (χ0n) is 13.2. The molecule has 1 unspecified atom stereocenters. The highest BCUT2D eigenvalue weighted by atomic mass is 32.1. The number of aliphatic hydroxyl groups is 1. The van der Waals surface area contributed by atoms with Gasteiger partial charge in [0.05, 0.1) is 6.10 Å². The van der Waals surface area contributed by atoms with Crippen molar-refractivity contribution in [2.24, 2.45) is 0 Å². The Morgan fingerprint density at radius 2 is 1.96 bits per heavy atom. The van der Waals surface area contributed by atoms with E-state index in [1.807, 2.05) is 17.5 Å². The lowest BCUT2D eigenvalue weighted by Crippen LogP contribution is -2.43. The van der Waals surface area contributed by atoms with E-state index in [2.05, 4.69) is 24.5 Å². The number of aliphatic hydroxyl groups excluding tert-OH is 1. The number of carbonyl (C=O) groups excluding carboxylic acids is 1. The van der Waals surface area contributed by atoms with Crippen LogP contribution < -0.4 is 10.6 Å². The van der Waals surface area contributed by atoms with Gasteiger partial charge in [0.2, 0.25) is 0 Å². The van der Waals surface area contributed by atoms with Crippen LogP contribution in [0.1, 0.15) is 30.4 Å². The van der Waals surface area contributed by atoms with Crippen LogP contribution in [0.15, 0.2) is 41.8 Å². The zero-order valence-corrected chi connectivity index (χ0v) is 14.0. The Morgan fingerprint density at radius 3 is 2.57 bits per heavy atom. The summed E-state index contributed by atoms with van der Waals surface area (Å²) in [4.78, 5) is 13.1. The van der Waals surface area contributed by atoms with Crippen molar-refractivity contribution in [2.75, 3.05) is 13.1 Å². The number of thiophene rings is 1. The number of hydrogen-bond acceptors (Lipinski definition) is 3. The molecule has 0 spiro atoms. The second-order valence-corrected chi connectivity index (χ2v) is 6.94. The van der Waals surface area contributed by atoms with Gasteiger partial charge in [-0.3, -0.25) is 0 Å². The highest BCUT2D eigenvalue weighted by molar-refractivity contribution is 7.10. The van der Waals surface area contributed by atoms with Crippen LogP contribution in [0.25, 0.3) is 0 Å². The minimum Gasteiger partial charge on any atom is -0.387 e. The quantitative estimate of drug-likeness (QED) is 0.759. The molecule has 1 aromatic carbocycles. The summed E-state index contributed by atoms with van der Waals surface area (Å²) in [5.74, 6) is -0.359. The van der Waals surface area contributed by atoms with Gasteiger partial charge in [0.15, 0.2) is 0 Å². The molecule has 124 valence electrons. The van der Waals surface area contributed by atoms with E-state index in [0.717, 1.165) is 0 Å². The van der Waals surface area contributed by atoms with Crippen LogP contribution in [-0.4, -0.2) is 24.2 Å². The Balaban J connectivity index is 1.78. The van der Waals surface area contributed by atoms with E-state index in [9.17, 15) is 14.3 Å². The van der Waals surface area contributed by atoms with Gasteiger partial charge in [-0.15, -0.1) is 11.3 Å². The van der Waals surface area contributed by atoms with Gasteiger partial charge in [0.25, 0.3) is 0 Å². The Hall–Kier alpha value is -1.92. The molecule has 1 heterocycles. The second-order valence-electron chi connectivity index (χ2n) is 5.99. The molecule has 1 aromatic heterocycles. The fourth-order valence-electron chi connectivity index (χ4n) is 2.11. The number of urea groups is 1. The van der Waals surface area contributed by atoms with Gasteiger partial charge in [0.1, 0.15) is 5.82 Å². The van der Waals surface area contributed by atoms with Gasteiger partial charge in [-0.25, -0.2) is 9.18 Å². The van der Waals surface area contributed by atoms with Gasteiger partial charge in [-0.1, -0.05) is 32.0 Å². The normalized spacial score (nSPS) is 12.7. The van der Waals surface area contributed by atoms with Crippen LogP contribution in [0.4, 0.5) is 9.18 Å². The molecule has 1 atom stereocenters. The summed E-state index contributed by atoms with van der Waals surface area (Å²) in [5, 5.41) is 17.4. The van der Waals surface area contributed by atoms with Crippen LogP contribution in [0.2, 0.25) is 0 Å². The Labute approximate surface area is 139 Å². The van der Waals surface area contributed by atoms with Gasteiger partial charge >= 0.3 is 6.03 Å². The van der Waals surface area contributed by atoms with Gasteiger partial charge in [0, 0.05) is 23.4 Å². The first-order valence-electron chi connectivity index (χ1n) is 7.38. The van der Waals surface area contributed by atoms with Crippen molar-refractivity contribution >= 4 is 17.4 Å². The third kappa shape index (κ3) is 5.04. The summed E-state index contributed by atoms with van der Waals surface area (Å²) < 4.78 is 12.8. The lowest BCUT2D eigenvalue weighted by atomic mass is 9.91. The van der Waals surface area contributed by atoms with Crippen LogP contribution in [0.3, 0.4) is 0 Å². The molecule has 23 heavy (non-hydrogen) atoms. The van der Waals surface area contributed by atoms with Crippen LogP contribution in [0.5, 0.6) is 0 Å². The van der Waals surface area contributed by atoms with E-state index in [4.69, 9.17) is 0 Å².